The van der Waals surface area contributed by atoms with Gasteiger partial charge in [-0.05, 0) is 6.92 Å². The molecule has 3 heterocycles. The van der Waals surface area contributed by atoms with E-state index in [0.29, 0.717) is 18.1 Å². The molecule has 0 radical (unpaired) electrons. The molecule has 3 rings (SSSR count). The van der Waals surface area contributed by atoms with Gasteiger partial charge in [0.1, 0.15) is 10.5 Å². The highest BCUT2D eigenvalue weighted by Crippen LogP contribution is 2.19. The highest BCUT2D eigenvalue weighted by Gasteiger charge is 2.09. The van der Waals surface area contributed by atoms with E-state index in [1.807, 2.05) is 12.3 Å². The van der Waals surface area contributed by atoms with Gasteiger partial charge in [-0.1, -0.05) is 0 Å². The second-order valence-electron chi connectivity index (χ2n) is 3.81. The van der Waals surface area contributed by atoms with Gasteiger partial charge in [-0.25, -0.2) is 9.97 Å². The molecule has 0 fully saturated rings. The molecule has 0 amide bonds. The Kier molecular flexibility index (Phi) is 3.23. The topological polar surface area (TPSA) is 91.4 Å². The minimum absolute atomic E-state index is 0.573. The number of imidazole rings is 1. The van der Waals surface area contributed by atoms with Crippen molar-refractivity contribution in [3.8, 4) is 0 Å². The third-order valence-electron chi connectivity index (χ3n) is 2.51. The first kappa shape index (κ1) is 11.8. The standard InChI is InChI=1S/C11H13N7S/c1-2-12-11-17-9(8-10(18-11)16-6-15-8)14-5-7-13-3-4-19-7/h3-4,6H,2,5H2,1H3,(H3,12,14,15,16,17,18). The molecule has 0 atom stereocenters. The Hall–Kier alpha value is -2.22. The number of anilines is 2. The van der Waals surface area contributed by atoms with Crippen molar-refractivity contribution in [2.45, 2.75) is 13.5 Å². The maximum absolute atomic E-state index is 4.43. The number of thiazole rings is 1. The van der Waals surface area contributed by atoms with Gasteiger partial charge in [-0.3, -0.25) is 0 Å². The van der Waals surface area contributed by atoms with Crippen LogP contribution in [0.3, 0.4) is 0 Å². The summed E-state index contributed by atoms with van der Waals surface area (Å²) in [6.45, 7) is 3.40. The summed E-state index contributed by atoms with van der Waals surface area (Å²) >= 11 is 1.61. The maximum Gasteiger partial charge on any atom is 0.226 e. The van der Waals surface area contributed by atoms with Crippen molar-refractivity contribution in [1.29, 1.82) is 0 Å². The van der Waals surface area contributed by atoms with E-state index in [4.69, 9.17) is 0 Å². The van der Waals surface area contributed by atoms with E-state index in [1.165, 1.54) is 0 Å². The van der Waals surface area contributed by atoms with Crippen LogP contribution in [0.1, 0.15) is 11.9 Å². The average Bonchev–Trinajstić information content (AvgIpc) is 3.07. The van der Waals surface area contributed by atoms with Crippen molar-refractivity contribution in [2.24, 2.45) is 0 Å². The van der Waals surface area contributed by atoms with Gasteiger partial charge in [0.15, 0.2) is 11.5 Å². The molecule has 0 aliphatic carbocycles. The summed E-state index contributed by atoms with van der Waals surface area (Å²) in [6, 6.07) is 0. The fraction of sp³-hybridized carbons (Fsp3) is 0.273. The number of hydrogen-bond acceptors (Lipinski definition) is 7. The van der Waals surface area contributed by atoms with Crippen LogP contribution in [0.2, 0.25) is 0 Å². The smallest absolute Gasteiger partial charge is 0.226 e. The average molecular weight is 275 g/mol. The normalized spacial score (nSPS) is 10.8. The monoisotopic (exact) mass is 275 g/mol. The van der Waals surface area contributed by atoms with Crippen LogP contribution in [-0.2, 0) is 6.54 Å². The Bertz CT molecular complexity index is 661. The number of nitrogens with zero attached hydrogens (tertiary/aromatic N) is 4. The van der Waals surface area contributed by atoms with Crippen LogP contribution in [-0.4, -0.2) is 31.5 Å². The Balaban J connectivity index is 1.89. The van der Waals surface area contributed by atoms with Crippen molar-refractivity contribution in [1.82, 2.24) is 24.9 Å². The van der Waals surface area contributed by atoms with Crippen LogP contribution in [0.25, 0.3) is 11.2 Å². The predicted octanol–water partition coefficient (Wildman–Crippen LogP) is 1.85. The lowest BCUT2D eigenvalue weighted by molar-refractivity contribution is 1.05. The van der Waals surface area contributed by atoms with Gasteiger partial charge in [0.2, 0.25) is 5.95 Å². The zero-order chi connectivity index (χ0) is 13.1. The zero-order valence-electron chi connectivity index (χ0n) is 10.3. The first-order valence-corrected chi connectivity index (χ1v) is 6.82. The molecule has 8 heteroatoms. The molecule has 3 aromatic heterocycles. The molecule has 0 aromatic carbocycles. The third kappa shape index (κ3) is 2.48. The molecule has 98 valence electrons. The highest BCUT2D eigenvalue weighted by atomic mass is 32.1. The molecule has 3 N–H and O–H groups in total. The lowest BCUT2D eigenvalue weighted by atomic mass is 10.4. The SMILES string of the molecule is CCNc1nc(NCc2nccs2)c2[nH]cnc2n1. The molecule has 0 unspecified atom stereocenters. The third-order valence-corrected chi connectivity index (χ3v) is 3.29. The van der Waals surface area contributed by atoms with Gasteiger partial charge < -0.3 is 15.6 Å². The Labute approximate surface area is 113 Å². The number of aromatic nitrogens is 5. The summed E-state index contributed by atoms with van der Waals surface area (Å²) in [4.78, 5) is 20.2. The van der Waals surface area contributed by atoms with Crippen LogP contribution in [0, 0.1) is 0 Å². The van der Waals surface area contributed by atoms with Crippen LogP contribution in [0.15, 0.2) is 17.9 Å². The second-order valence-corrected chi connectivity index (χ2v) is 4.79. The first-order chi connectivity index (χ1) is 9.36. The van der Waals surface area contributed by atoms with E-state index in [2.05, 4.69) is 35.6 Å². The van der Waals surface area contributed by atoms with Crippen molar-refractivity contribution in [3.05, 3.63) is 22.9 Å². The summed E-state index contributed by atoms with van der Waals surface area (Å²) in [6.07, 6.45) is 3.40. The Morgan fingerprint density at radius 3 is 3.00 bits per heavy atom. The summed E-state index contributed by atoms with van der Waals surface area (Å²) in [5.41, 5.74) is 1.45. The molecule has 0 spiro atoms. The lowest BCUT2D eigenvalue weighted by Gasteiger charge is -2.07. The number of fused-ring (bicyclic) bond motifs is 1. The summed E-state index contributed by atoms with van der Waals surface area (Å²) < 4.78 is 0. The van der Waals surface area contributed by atoms with Crippen molar-refractivity contribution >= 4 is 34.3 Å². The minimum atomic E-state index is 0.573. The molecule has 0 bridgehead atoms. The molecular formula is C11H13N7S. The van der Waals surface area contributed by atoms with Crippen LogP contribution >= 0.6 is 11.3 Å². The molecule has 7 nitrogen and oxygen atoms in total. The highest BCUT2D eigenvalue weighted by molar-refractivity contribution is 7.09. The summed E-state index contributed by atoms with van der Waals surface area (Å²) in [5, 5.41) is 9.32. The molecule has 3 aromatic rings. The van der Waals surface area contributed by atoms with E-state index >= 15 is 0 Å². The Morgan fingerprint density at radius 2 is 2.21 bits per heavy atom. The van der Waals surface area contributed by atoms with Gasteiger partial charge in [-0.15, -0.1) is 11.3 Å². The maximum atomic E-state index is 4.43. The van der Waals surface area contributed by atoms with Crippen LogP contribution in [0.4, 0.5) is 11.8 Å². The van der Waals surface area contributed by atoms with Crippen molar-refractivity contribution in [2.75, 3.05) is 17.2 Å². The van der Waals surface area contributed by atoms with Crippen LogP contribution < -0.4 is 10.6 Å². The van der Waals surface area contributed by atoms with E-state index < -0.39 is 0 Å². The fourth-order valence-electron chi connectivity index (χ4n) is 1.70. The summed E-state index contributed by atoms with van der Waals surface area (Å²) in [5.74, 6) is 1.30. The molecule has 0 saturated carbocycles. The van der Waals surface area contributed by atoms with Crippen molar-refractivity contribution < 1.29 is 0 Å². The van der Waals surface area contributed by atoms with Crippen LogP contribution in [0.5, 0.6) is 0 Å². The van der Waals surface area contributed by atoms with Gasteiger partial charge in [0.05, 0.1) is 12.9 Å². The van der Waals surface area contributed by atoms with E-state index in [0.717, 1.165) is 22.9 Å². The molecular weight excluding hydrogens is 262 g/mol. The molecule has 0 saturated heterocycles. The van der Waals surface area contributed by atoms with Gasteiger partial charge >= 0.3 is 0 Å². The fourth-order valence-corrected chi connectivity index (χ4v) is 2.25. The quantitative estimate of drug-likeness (QED) is 0.658. The molecule has 19 heavy (non-hydrogen) atoms. The number of H-pyrrole nitrogens is 1. The van der Waals surface area contributed by atoms with E-state index in [9.17, 15) is 0 Å². The zero-order valence-corrected chi connectivity index (χ0v) is 11.2. The van der Waals surface area contributed by atoms with Crippen molar-refractivity contribution in [3.63, 3.8) is 0 Å². The number of rotatable bonds is 5. The summed E-state index contributed by atoms with van der Waals surface area (Å²) in [7, 11) is 0. The lowest BCUT2D eigenvalue weighted by Crippen LogP contribution is -2.07. The van der Waals surface area contributed by atoms with Gasteiger partial charge in [-0.2, -0.15) is 9.97 Å². The van der Waals surface area contributed by atoms with E-state index in [-0.39, 0.29) is 0 Å². The van der Waals surface area contributed by atoms with Gasteiger partial charge in [0.25, 0.3) is 0 Å². The largest absolute Gasteiger partial charge is 0.362 e. The minimum Gasteiger partial charge on any atom is -0.362 e. The molecule has 0 aliphatic heterocycles. The predicted molar refractivity (Wildman–Crippen MR) is 75.3 cm³/mol. The molecule has 0 aliphatic rings. The first-order valence-electron chi connectivity index (χ1n) is 5.94. The Morgan fingerprint density at radius 1 is 1.26 bits per heavy atom. The second kappa shape index (κ2) is 5.19. The van der Waals surface area contributed by atoms with Gasteiger partial charge in [0, 0.05) is 18.1 Å². The number of nitrogens with one attached hydrogen (secondary N) is 3. The van der Waals surface area contributed by atoms with E-state index in [1.54, 1.807) is 23.9 Å². The number of aromatic amines is 1. The number of hydrogen-bond donors (Lipinski definition) is 3.